The molecule has 0 saturated carbocycles. The second kappa shape index (κ2) is 7.59. The Bertz CT molecular complexity index is 1030. The summed E-state index contributed by atoms with van der Waals surface area (Å²) >= 11 is 0. The SMILES string of the molecule is Nc1cc(C(F)(F)F)c2nc1-c1nnc(o1)C(O)(C(F)(F)F)CCCC(=O)CCC2=O. The Morgan fingerprint density at radius 1 is 1.03 bits per heavy atom. The number of fused-ring (bicyclic) bond motifs is 5. The summed E-state index contributed by atoms with van der Waals surface area (Å²) in [6, 6.07) is 0.364. The predicted molar refractivity (Wildman–Crippen MR) is 89.3 cm³/mol. The van der Waals surface area contributed by atoms with E-state index in [-0.39, 0.29) is 0 Å². The Morgan fingerprint density at radius 3 is 2.32 bits per heavy atom. The number of rotatable bonds is 0. The summed E-state index contributed by atoms with van der Waals surface area (Å²) in [5.41, 5.74) is -1.99. The highest BCUT2D eigenvalue weighted by Gasteiger charge is 2.58. The van der Waals surface area contributed by atoms with Gasteiger partial charge in [-0.3, -0.25) is 9.59 Å². The van der Waals surface area contributed by atoms with Crippen LogP contribution in [0.15, 0.2) is 10.5 Å². The van der Waals surface area contributed by atoms with Crippen molar-refractivity contribution in [3.8, 4) is 11.6 Å². The zero-order valence-corrected chi connectivity index (χ0v) is 15.5. The Labute approximate surface area is 169 Å². The zero-order valence-electron chi connectivity index (χ0n) is 15.5. The molecule has 0 aliphatic carbocycles. The van der Waals surface area contributed by atoms with Crippen molar-refractivity contribution in [2.45, 2.75) is 50.1 Å². The summed E-state index contributed by atoms with van der Waals surface area (Å²) < 4.78 is 85.5. The summed E-state index contributed by atoms with van der Waals surface area (Å²) in [5.74, 6) is -3.91. The van der Waals surface area contributed by atoms with Crippen molar-refractivity contribution in [1.29, 1.82) is 0 Å². The number of nitrogen functional groups attached to an aromatic ring is 1. The number of Topliss-reactive ketones (excluding diaryl/α,β-unsaturated/α-hetero) is 2. The van der Waals surface area contributed by atoms with E-state index < -0.39 is 96.0 Å². The normalized spacial score (nSPS) is 21.1. The molecule has 0 amide bonds. The van der Waals surface area contributed by atoms with E-state index >= 15 is 0 Å². The standard InChI is InChI=1S/C17H14F6N4O4/c18-16(19,20)8-6-9(24)12-13-26-27-14(31-13)15(30,17(21,22)23)5-1-2-7(28)3-4-10(29)11(8)25-12/h6,30H,1-5,24H2. The largest absolute Gasteiger partial charge is 0.426 e. The number of alkyl halides is 6. The number of pyridine rings is 1. The van der Waals surface area contributed by atoms with Gasteiger partial charge in [0, 0.05) is 19.3 Å². The molecule has 0 spiro atoms. The van der Waals surface area contributed by atoms with Crippen molar-refractivity contribution in [2.75, 3.05) is 5.73 Å². The van der Waals surface area contributed by atoms with Crippen LogP contribution in [0.5, 0.6) is 0 Å². The Morgan fingerprint density at radius 2 is 1.71 bits per heavy atom. The van der Waals surface area contributed by atoms with Crippen LogP contribution in [0.25, 0.3) is 11.6 Å². The van der Waals surface area contributed by atoms with E-state index in [9.17, 15) is 41.0 Å². The number of aromatic nitrogens is 3. The molecule has 1 unspecified atom stereocenters. The van der Waals surface area contributed by atoms with Crippen LogP contribution in [0.2, 0.25) is 0 Å². The quantitative estimate of drug-likeness (QED) is 0.583. The number of halogens is 6. The Balaban J connectivity index is 2.23. The summed E-state index contributed by atoms with van der Waals surface area (Å²) in [7, 11) is 0. The van der Waals surface area contributed by atoms with Crippen molar-refractivity contribution >= 4 is 17.3 Å². The Kier molecular flexibility index (Phi) is 5.54. The van der Waals surface area contributed by atoms with Crippen LogP contribution < -0.4 is 5.73 Å². The van der Waals surface area contributed by atoms with Gasteiger partial charge in [0.05, 0.1) is 11.3 Å². The lowest BCUT2D eigenvalue weighted by molar-refractivity contribution is -0.277. The fourth-order valence-electron chi connectivity index (χ4n) is 3.02. The number of aliphatic hydroxyl groups is 1. The van der Waals surface area contributed by atoms with Gasteiger partial charge in [-0.05, 0) is 18.9 Å². The number of hydrogen-bond acceptors (Lipinski definition) is 8. The molecule has 4 bridgehead atoms. The topological polar surface area (TPSA) is 132 Å². The monoisotopic (exact) mass is 452 g/mol. The lowest BCUT2D eigenvalue weighted by atomic mass is 9.94. The third-order valence-corrected chi connectivity index (χ3v) is 4.70. The van der Waals surface area contributed by atoms with Crippen LogP contribution in [0, 0.1) is 0 Å². The molecule has 31 heavy (non-hydrogen) atoms. The van der Waals surface area contributed by atoms with Gasteiger partial charge in [-0.15, -0.1) is 10.2 Å². The molecule has 2 aromatic rings. The summed E-state index contributed by atoms with van der Waals surface area (Å²) in [6.07, 6.45) is -13.4. The third-order valence-electron chi connectivity index (χ3n) is 4.70. The van der Waals surface area contributed by atoms with Crippen LogP contribution in [0.1, 0.15) is 54.0 Å². The molecule has 0 aromatic carbocycles. The molecule has 1 atom stereocenters. The number of nitrogens with two attached hydrogens (primary N) is 1. The first-order valence-electron chi connectivity index (χ1n) is 8.80. The number of ketones is 2. The van der Waals surface area contributed by atoms with Crippen molar-refractivity contribution in [3.63, 3.8) is 0 Å². The van der Waals surface area contributed by atoms with Gasteiger partial charge in [0.2, 0.25) is 5.60 Å². The van der Waals surface area contributed by atoms with Gasteiger partial charge in [-0.25, -0.2) is 4.98 Å². The molecule has 14 heteroatoms. The number of hydrogen-bond donors (Lipinski definition) is 2. The highest BCUT2D eigenvalue weighted by atomic mass is 19.4. The van der Waals surface area contributed by atoms with Crippen molar-refractivity contribution < 1.29 is 45.5 Å². The molecule has 2 aromatic heterocycles. The van der Waals surface area contributed by atoms with E-state index in [0.29, 0.717) is 6.07 Å². The van der Waals surface area contributed by atoms with Crippen LogP contribution in [-0.4, -0.2) is 38.0 Å². The maximum absolute atomic E-state index is 13.5. The molecule has 3 rings (SSSR count). The lowest BCUT2D eigenvalue weighted by Gasteiger charge is -2.26. The first kappa shape index (κ1) is 22.7. The van der Waals surface area contributed by atoms with Crippen molar-refractivity contribution in [1.82, 2.24) is 15.2 Å². The average molecular weight is 452 g/mol. The maximum atomic E-state index is 13.5. The molecule has 0 radical (unpaired) electrons. The number of carbonyl (C=O) groups excluding carboxylic acids is 2. The first-order chi connectivity index (χ1) is 14.2. The van der Waals surface area contributed by atoms with Crippen molar-refractivity contribution in [2.24, 2.45) is 0 Å². The molecule has 3 N–H and O–H groups in total. The van der Waals surface area contributed by atoms with Gasteiger partial charge >= 0.3 is 12.4 Å². The molecule has 168 valence electrons. The molecular weight excluding hydrogens is 438 g/mol. The highest BCUT2D eigenvalue weighted by molar-refractivity contribution is 5.99. The van der Waals surface area contributed by atoms with Gasteiger partial charge in [-0.1, -0.05) is 0 Å². The number of nitrogens with zero attached hydrogens (tertiary/aromatic N) is 3. The van der Waals surface area contributed by atoms with Crippen LogP contribution >= 0.6 is 0 Å². The maximum Gasteiger partial charge on any atom is 0.426 e. The van der Waals surface area contributed by atoms with E-state index in [1.807, 2.05) is 0 Å². The van der Waals surface area contributed by atoms with Gasteiger partial charge in [0.15, 0.2) is 11.5 Å². The highest BCUT2D eigenvalue weighted by Crippen LogP contribution is 2.43. The predicted octanol–water partition coefficient (Wildman–Crippen LogP) is 3.20. The summed E-state index contributed by atoms with van der Waals surface area (Å²) in [4.78, 5) is 27.8. The number of anilines is 1. The molecular formula is C17H14F6N4O4. The van der Waals surface area contributed by atoms with Gasteiger partial charge in [0.25, 0.3) is 11.8 Å². The lowest BCUT2D eigenvalue weighted by Crippen LogP contribution is -2.42. The number of carbonyl (C=O) groups is 2. The molecule has 1 aliphatic heterocycles. The molecule has 8 nitrogen and oxygen atoms in total. The molecule has 3 heterocycles. The smallest absolute Gasteiger partial charge is 0.416 e. The third kappa shape index (κ3) is 4.24. The van der Waals surface area contributed by atoms with E-state index in [4.69, 9.17) is 10.2 Å². The first-order valence-corrected chi connectivity index (χ1v) is 8.80. The minimum absolute atomic E-state index is 0.364. The summed E-state index contributed by atoms with van der Waals surface area (Å²) in [6.45, 7) is 0. The molecule has 0 saturated heterocycles. The van der Waals surface area contributed by atoms with Crippen LogP contribution in [-0.2, 0) is 16.6 Å². The van der Waals surface area contributed by atoms with Gasteiger partial charge < -0.3 is 15.3 Å². The van der Waals surface area contributed by atoms with Gasteiger partial charge in [0.1, 0.15) is 11.5 Å². The average Bonchev–Trinajstić information content (AvgIpc) is 3.13. The van der Waals surface area contributed by atoms with E-state index in [0.717, 1.165) is 0 Å². The fraction of sp³-hybridized carbons (Fsp3) is 0.471. The summed E-state index contributed by atoms with van der Waals surface area (Å²) in [5, 5.41) is 16.7. The van der Waals surface area contributed by atoms with Crippen LogP contribution in [0.4, 0.5) is 32.0 Å². The van der Waals surface area contributed by atoms with E-state index in [2.05, 4.69) is 15.2 Å². The molecule has 1 aliphatic rings. The van der Waals surface area contributed by atoms with E-state index in [1.165, 1.54) is 0 Å². The zero-order chi connectivity index (χ0) is 23.2. The minimum Gasteiger partial charge on any atom is -0.416 e. The second-order valence-electron chi connectivity index (χ2n) is 6.91. The van der Waals surface area contributed by atoms with Gasteiger partial charge in [-0.2, -0.15) is 26.3 Å². The Hall–Kier alpha value is -3.03. The second-order valence-corrected chi connectivity index (χ2v) is 6.91. The van der Waals surface area contributed by atoms with E-state index in [1.54, 1.807) is 0 Å². The molecule has 0 fully saturated rings. The fourth-order valence-corrected chi connectivity index (χ4v) is 3.02. The van der Waals surface area contributed by atoms with Crippen LogP contribution in [0.3, 0.4) is 0 Å². The minimum atomic E-state index is -5.27. The van der Waals surface area contributed by atoms with Crippen molar-refractivity contribution in [3.05, 3.63) is 23.2 Å².